The predicted octanol–water partition coefficient (Wildman–Crippen LogP) is 4.23. The maximum atomic E-state index is 12.6. The van der Waals surface area contributed by atoms with Crippen LogP contribution in [0, 0.1) is 0 Å². The van der Waals surface area contributed by atoms with Crippen molar-refractivity contribution >= 4 is 17.4 Å². The van der Waals surface area contributed by atoms with Gasteiger partial charge in [-0.3, -0.25) is 4.79 Å². The summed E-state index contributed by atoms with van der Waals surface area (Å²) in [6.07, 6.45) is 4.05. The molecule has 0 spiro atoms. The van der Waals surface area contributed by atoms with Crippen LogP contribution in [0.15, 0.2) is 42.6 Å². The maximum Gasteiger partial charge on any atom is 0.259 e. The van der Waals surface area contributed by atoms with Gasteiger partial charge in [0.1, 0.15) is 5.82 Å². The molecule has 3 rings (SSSR count). The summed E-state index contributed by atoms with van der Waals surface area (Å²) < 4.78 is 0. The van der Waals surface area contributed by atoms with Crippen molar-refractivity contribution in [2.45, 2.75) is 45.1 Å². The molecule has 0 aliphatic heterocycles. The molecule has 24 heavy (non-hydrogen) atoms. The lowest BCUT2D eigenvalue weighted by Gasteiger charge is -2.22. The molecule has 1 aromatic carbocycles. The number of pyridine rings is 1. The average molecular weight is 323 g/mol. The highest BCUT2D eigenvalue weighted by Gasteiger charge is 2.21. The summed E-state index contributed by atoms with van der Waals surface area (Å²) in [5.74, 6) is 0.787. The zero-order chi connectivity index (χ0) is 17.3. The predicted molar refractivity (Wildman–Crippen MR) is 98.8 cm³/mol. The van der Waals surface area contributed by atoms with E-state index in [-0.39, 0.29) is 11.3 Å². The number of benzene rings is 1. The number of nitrogens with one attached hydrogen (secondary N) is 1. The molecule has 1 amide bonds. The Morgan fingerprint density at radius 3 is 2.29 bits per heavy atom. The van der Waals surface area contributed by atoms with Crippen LogP contribution in [0.1, 0.15) is 49.5 Å². The minimum Gasteiger partial charge on any atom is -0.367 e. The Morgan fingerprint density at radius 2 is 1.79 bits per heavy atom. The fraction of sp³-hybridized carbons (Fsp3) is 0.400. The van der Waals surface area contributed by atoms with Crippen LogP contribution in [0.2, 0.25) is 0 Å². The highest BCUT2D eigenvalue weighted by atomic mass is 16.2. The third kappa shape index (κ3) is 3.75. The van der Waals surface area contributed by atoms with Gasteiger partial charge in [-0.1, -0.05) is 32.9 Å². The molecule has 1 aromatic heterocycles. The second-order valence-corrected chi connectivity index (χ2v) is 7.51. The second kappa shape index (κ2) is 6.27. The van der Waals surface area contributed by atoms with E-state index in [4.69, 9.17) is 0 Å². The summed E-state index contributed by atoms with van der Waals surface area (Å²) in [5, 5.41) is 3.33. The van der Waals surface area contributed by atoms with Crippen LogP contribution in [0.25, 0.3) is 0 Å². The van der Waals surface area contributed by atoms with Crippen molar-refractivity contribution in [1.82, 2.24) is 4.98 Å². The molecule has 0 unspecified atom stereocenters. The van der Waals surface area contributed by atoms with Crippen LogP contribution in [-0.4, -0.2) is 24.0 Å². The van der Waals surface area contributed by atoms with Gasteiger partial charge in [0.2, 0.25) is 0 Å². The molecule has 0 bridgehead atoms. The molecule has 1 N–H and O–H groups in total. The van der Waals surface area contributed by atoms with Crippen LogP contribution in [0.4, 0.5) is 11.5 Å². The number of carbonyl (C=O) groups excluding carboxylic acids is 1. The third-order valence-electron chi connectivity index (χ3n) is 4.37. The quantitative estimate of drug-likeness (QED) is 0.916. The van der Waals surface area contributed by atoms with Crippen molar-refractivity contribution in [3.05, 3.63) is 53.7 Å². The fourth-order valence-electron chi connectivity index (χ4n) is 2.54. The van der Waals surface area contributed by atoms with E-state index in [0.29, 0.717) is 11.6 Å². The van der Waals surface area contributed by atoms with Gasteiger partial charge in [-0.25, -0.2) is 4.98 Å². The number of carbonyl (C=O) groups is 1. The summed E-state index contributed by atoms with van der Waals surface area (Å²) in [7, 11) is 1.80. The molecule has 0 radical (unpaired) electrons. The fourth-order valence-corrected chi connectivity index (χ4v) is 2.54. The van der Waals surface area contributed by atoms with Crippen molar-refractivity contribution in [2.24, 2.45) is 0 Å². The van der Waals surface area contributed by atoms with Crippen molar-refractivity contribution in [2.75, 3.05) is 17.3 Å². The number of rotatable bonds is 4. The van der Waals surface area contributed by atoms with Crippen LogP contribution in [0.3, 0.4) is 0 Å². The first-order valence-electron chi connectivity index (χ1n) is 8.46. The van der Waals surface area contributed by atoms with Crippen molar-refractivity contribution in [3.8, 4) is 0 Å². The van der Waals surface area contributed by atoms with Gasteiger partial charge in [0.15, 0.2) is 0 Å². The summed E-state index contributed by atoms with van der Waals surface area (Å²) >= 11 is 0. The van der Waals surface area contributed by atoms with Crippen molar-refractivity contribution in [3.63, 3.8) is 0 Å². The van der Waals surface area contributed by atoms with E-state index in [1.54, 1.807) is 18.1 Å². The van der Waals surface area contributed by atoms with E-state index < -0.39 is 0 Å². The molecule has 0 saturated heterocycles. The Balaban J connectivity index is 1.71. The molecule has 1 aliphatic carbocycles. The van der Waals surface area contributed by atoms with Crippen LogP contribution in [0.5, 0.6) is 0 Å². The maximum absolute atomic E-state index is 12.6. The Morgan fingerprint density at radius 1 is 1.12 bits per heavy atom. The highest BCUT2D eigenvalue weighted by molar-refractivity contribution is 6.05. The molecule has 4 heteroatoms. The Kier molecular flexibility index (Phi) is 4.31. The summed E-state index contributed by atoms with van der Waals surface area (Å²) in [6, 6.07) is 12.4. The van der Waals surface area contributed by atoms with Gasteiger partial charge in [0.05, 0.1) is 5.56 Å². The van der Waals surface area contributed by atoms with Gasteiger partial charge in [0.25, 0.3) is 5.91 Å². The molecule has 2 aromatic rings. The zero-order valence-corrected chi connectivity index (χ0v) is 14.8. The number of hydrogen-bond acceptors (Lipinski definition) is 3. The van der Waals surface area contributed by atoms with Gasteiger partial charge < -0.3 is 10.2 Å². The largest absolute Gasteiger partial charge is 0.367 e. The van der Waals surface area contributed by atoms with E-state index in [0.717, 1.165) is 11.5 Å². The smallest absolute Gasteiger partial charge is 0.259 e. The van der Waals surface area contributed by atoms with E-state index in [1.165, 1.54) is 18.4 Å². The summed E-state index contributed by atoms with van der Waals surface area (Å²) in [5.41, 5.74) is 2.84. The lowest BCUT2D eigenvalue weighted by atomic mass is 9.87. The lowest BCUT2D eigenvalue weighted by molar-refractivity contribution is 0.0992. The molecular weight excluding hydrogens is 298 g/mol. The van der Waals surface area contributed by atoms with Gasteiger partial charge in [-0.15, -0.1) is 0 Å². The number of amides is 1. The van der Waals surface area contributed by atoms with Gasteiger partial charge >= 0.3 is 0 Å². The minimum atomic E-state index is -0.0519. The summed E-state index contributed by atoms with van der Waals surface area (Å²) in [4.78, 5) is 18.6. The monoisotopic (exact) mass is 323 g/mol. The molecule has 126 valence electrons. The van der Waals surface area contributed by atoms with E-state index >= 15 is 0 Å². The van der Waals surface area contributed by atoms with Gasteiger partial charge in [0, 0.05) is 25.0 Å². The Bertz CT molecular complexity index is 710. The molecule has 4 nitrogen and oxygen atoms in total. The zero-order valence-electron chi connectivity index (χ0n) is 14.8. The van der Waals surface area contributed by atoms with Crippen LogP contribution in [-0.2, 0) is 5.41 Å². The van der Waals surface area contributed by atoms with E-state index in [2.05, 4.69) is 43.2 Å². The molecule has 1 fully saturated rings. The average Bonchev–Trinajstić information content (AvgIpc) is 3.37. The molecule has 1 heterocycles. The second-order valence-electron chi connectivity index (χ2n) is 7.51. The first-order chi connectivity index (χ1) is 11.3. The first-order valence-corrected chi connectivity index (χ1v) is 8.46. The van der Waals surface area contributed by atoms with E-state index in [1.807, 2.05) is 24.3 Å². The molecular formula is C20H25N3O. The number of hydrogen-bond donors (Lipinski definition) is 1. The van der Waals surface area contributed by atoms with Crippen molar-refractivity contribution < 1.29 is 4.79 Å². The topological polar surface area (TPSA) is 45.2 Å². The minimum absolute atomic E-state index is 0.0519. The lowest BCUT2D eigenvalue weighted by Crippen LogP contribution is -2.26. The number of nitrogens with zero attached hydrogens (tertiary/aromatic N) is 2. The van der Waals surface area contributed by atoms with Crippen LogP contribution < -0.4 is 10.2 Å². The number of aromatic nitrogens is 1. The first kappa shape index (κ1) is 16.5. The SMILES string of the molecule is CN(C(=O)c1ccc(NC2CC2)nc1)c1ccc(C(C)(C)C)cc1. The number of anilines is 2. The Labute approximate surface area is 143 Å². The normalized spacial score (nSPS) is 14.3. The van der Waals surface area contributed by atoms with Gasteiger partial charge in [-0.2, -0.15) is 0 Å². The molecule has 1 saturated carbocycles. The standard InChI is InChI=1S/C20H25N3O/c1-20(2,3)15-6-10-17(11-7-15)23(4)19(24)14-5-12-18(21-13-14)22-16-8-9-16/h5-7,10-13,16H,8-9H2,1-4H3,(H,21,22). The summed E-state index contributed by atoms with van der Waals surface area (Å²) in [6.45, 7) is 6.54. The highest BCUT2D eigenvalue weighted by Crippen LogP contribution is 2.26. The molecule has 1 aliphatic rings. The Hall–Kier alpha value is -2.36. The van der Waals surface area contributed by atoms with E-state index in [9.17, 15) is 4.79 Å². The van der Waals surface area contributed by atoms with Crippen molar-refractivity contribution in [1.29, 1.82) is 0 Å². The third-order valence-corrected chi connectivity index (χ3v) is 4.37. The van der Waals surface area contributed by atoms with Crippen LogP contribution >= 0.6 is 0 Å². The molecule has 0 atom stereocenters. The van der Waals surface area contributed by atoms with Gasteiger partial charge in [-0.05, 0) is 48.1 Å².